The highest BCUT2D eigenvalue weighted by Crippen LogP contribution is 2.30. The summed E-state index contributed by atoms with van der Waals surface area (Å²) in [7, 11) is 0. The van der Waals surface area contributed by atoms with Gasteiger partial charge in [-0.15, -0.1) is 0 Å². The lowest BCUT2D eigenvalue weighted by atomic mass is 10.1. The molecule has 0 aliphatic carbocycles. The largest absolute Gasteiger partial charge is 0.490 e. The molecule has 0 fully saturated rings. The Morgan fingerprint density at radius 2 is 2.44 bits per heavy atom. The standard InChI is InChI=1S/C11H12N2O3/c1-8-3-2-4-11(16-8)9-5-6-12-7-10(9)13(14)15/h4-8H,2-3H2,1H3. The van der Waals surface area contributed by atoms with Crippen molar-refractivity contribution in [1.82, 2.24) is 4.98 Å². The molecule has 0 saturated heterocycles. The Bertz CT molecular complexity index is 443. The molecule has 1 atom stereocenters. The zero-order chi connectivity index (χ0) is 11.5. The summed E-state index contributed by atoms with van der Waals surface area (Å²) in [5.74, 6) is 0.591. The van der Waals surface area contributed by atoms with Crippen molar-refractivity contribution in [2.24, 2.45) is 0 Å². The second-order valence-electron chi connectivity index (χ2n) is 3.72. The first-order valence-corrected chi connectivity index (χ1v) is 5.14. The minimum atomic E-state index is -0.439. The fourth-order valence-electron chi connectivity index (χ4n) is 1.69. The minimum absolute atomic E-state index is 0.0112. The van der Waals surface area contributed by atoms with Crippen LogP contribution in [0.1, 0.15) is 25.3 Å². The molecular weight excluding hydrogens is 208 g/mol. The van der Waals surface area contributed by atoms with E-state index in [-0.39, 0.29) is 11.8 Å². The molecular formula is C11H12N2O3. The number of nitro groups is 1. The van der Waals surface area contributed by atoms with Crippen molar-refractivity contribution >= 4 is 11.4 Å². The first-order valence-electron chi connectivity index (χ1n) is 5.14. The average molecular weight is 220 g/mol. The van der Waals surface area contributed by atoms with Crippen LogP contribution in [0, 0.1) is 10.1 Å². The third-order valence-corrected chi connectivity index (χ3v) is 2.49. The average Bonchev–Trinajstić information content (AvgIpc) is 2.29. The molecule has 0 amide bonds. The molecule has 5 heteroatoms. The Balaban J connectivity index is 2.40. The molecule has 1 aliphatic rings. The quantitative estimate of drug-likeness (QED) is 0.567. The highest BCUT2D eigenvalue weighted by atomic mass is 16.6. The Hall–Kier alpha value is -1.91. The van der Waals surface area contributed by atoms with Crippen LogP contribution in [-0.2, 0) is 4.74 Å². The third kappa shape index (κ3) is 2.03. The van der Waals surface area contributed by atoms with Crippen LogP contribution in [0.25, 0.3) is 5.76 Å². The zero-order valence-corrected chi connectivity index (χ0v) is 8.92. The van der Waals surface area contributed by atoms with Gasteiger partial charge in [-0.25, -0.2) is 0 Å². The number of aromatic nitrogens is 1. The van der Waals surface area contributed by atoms with Crippen LogP contribution in [-0.4, -0.2) is 16.0 Å². The van der Waals surface area contributed by atoms with Crippen molar-refractivity contribution in [2.45, 2.75) is 25.9 Å². The van der Waals surface area contributed by atoms with Gasteiger partial charge in [0, 0.05) is 6.20 Å². The van der Waals surface area contributed by atoms with E-state index in [9.17, 15) is 10.1 Å². The predicted octanol–water partition coefficient (Wildman–Crippen LogP) is 2.53. The van der Waals surface area contributed by atoms with E-state index in [1.165, 1.54) is 12.4 Å². The number of ether oxygens (including phenoxy) is 1. The molecule has 1 aromatic rings. The summed E-state index contributed by atoms with van der Waals surface area (Å²) < 4.78 is 5.59. The second-order valence-corrected chi connectivity index (χ2v) is 3.72. The molecule has 2 heterocycles. The van der Waals surface area contributed by atoms with Gasteiger partial charge in [0.1, 0.15) is 12.0 Å². The van der Waals surface area contributed by atoms with E-state index in [1.807, 2.05) is 13.0 Å². The number of pyridine rings is 1. The maximum absolute atomic E-state index is 10.8. The van der Waals surface area contributed by atoms with Crippen molar-refractivity contribution in [3.05, 3.63) is 40.2 Å². The summed E-state index contributed by atoms with van der Waals surface area (Å²) in [4.78, 5) is 14.1. The van der Waals surface area contributed by atoms with Crippen LogP contribution >= 0.6 is 0 Å². The molecule has 1 aromatic heterocycles. The SMILES string of the molecule is CC1CCC=C(c2ccncc2[N+](=O)[O-])O1. The number of hydrogen-bond acceptors (Lipinski definition) is 4. The van der Waals surface area contributed by atoms with Crippen molar-refractivity contribution in [3.8, 4) is 0 Å². The first kappa shape index (κ1) is 10.6. The van der Waals surface area contributed by atoms with Gasteiger partial charge in [0.15, 0.2) is 0 Å². The summed E-state index contributed by atoms with van der Waals surface area (Å²) in [6, 6.07) is 1.61. The molecule has 0 aromatic carbocycles. The Morgan fingerprint density at radius 1 is 1.62 bits per heavy atom. The predicted molar refractivity (Wildman–Crippen MR) is 58.6 cm³/mol. The van der Waals surface area contributed by atoms with Gasteiger partial charge in [0.25, 0.3) is 5.69 Å². The summed E-state index contributed by atoms with van der Waals surface area (Å²) >= 11 is 0. The topological polar surface area (TPSA) is 65.3 Å². The summed E-state index contributed by atoms with van der Waals surface area (Å²) in [6.45, 7) is 1.96. The van der Waals surface area contributed by atoms with Gasteiger partial charge in [-0.3, -0.25) is 15.1 Å². The minimum Gasteiger partial charge on any atom is -0.490 e. The third-order valence-electron chi connectivity index (χ3n) is 2.49. The monoisotopic (exact) mass is 220 g/mol. The summed E-state index contributed by atoms with van der Waals surface area (Å²) in [5, 5.41) is 10.8. The molecule has 2 rings (SSSR count). The van der Waals surface area contributed by atoms with E-state index >= 15 is 0 Å². The van der Waals surface area contributed by atoms with Gasteiger partial charge in [0.05, 0.1) is 16.6 Å². The van der Waals surface area contributed by atoms with Crippen LogP contribution < -0.4 is 0 Å². The summed E-state index contributed by atoms with van der Waals surface area (Å²) in [6.07, 6.45) is 6.61. The lowest BCUT2D eigenvalue weighted by molar-refractivity contribution is -0.385. The molecule has 0 saturated carbocycles. The van der Waals surface area contributed by atoms with Gasteiger partial charge in [-0.2, -0.15) is 0 Å². The number of rotatable bonds is 2. The molecule has 84 valence electrons. The Morgan fingerprint density at radius 3 is 3.12 bits per heavy atom. The van der Waals surface area contributed by atoms with Crippen molar-refractivity contribution < 1.29 is 9.66 Å². The van der Waals surface area contributed by atoms with Gasteiger partial charge < -0.3 is 4.74 Å². The number of nitrogens with zero attached hydrogens (tertiary/aromatic N) is 2. The van der Waals surface area contributed by atoms with Crippen molar-refractivity contribution in [3.63, 3.8) is 0 Å². The van der Waals surface area contributed by atoms with Gasteiger partial charge >= 0.3 is 0 Å². The lowest BCUT2D eigenvalue weighted by Gasteiger charge is -2.21. The fraction of sp³-hybridized carbons (Fsp3) is 0.364. The molecule has 1 unspecified atom stereocenters. The molecule has 16 heavy (non-hydrogen) atoms. The van der Waals surface area contributed by atoms with E-state index in [0.29, 0.717) is 11.3 Å². The van der Waals surface area contributed by atoms with Crippen LogP contribution in [0.2, 0.25) is 0 Å². The normalized spacial score (nSPS) is 19.8. The molecule has 1 aliphatic heterocycles. The van der Waals surface area contributed by atoms with Gasteiger partial charge in [-0.1, -0.05) is 0 Å². The van der Waals surface area contributed by atoms with Crippen molar-refractivity contribution in [2.75, 3.05) is 0 Å². The van der Waals surface area contributed by atoms with Gasteiger partial charge in [-0.05, 0) is 31.9 Å². The molecule has 0 bridgehead atoms. The first-order chi connectivity index (χ1) is 7.68. The van der Waals surface area contributed by atoms with Crippen LogP contribution in [0.5, 0.6) is 0 Å². The van der Waals surface area contributed by atoms with E-state index in [1.54, 1.807) is 6.07 Å². The highest BCUT2D eigenvalue weighted by molar-refractivity contribution is 5.68. The van der Waals surface area contributed by atoms with Gasteiger partial charge in [0.2, 0.25) is 0 Å². The maximum Gasteiger partial charge on any atom is 0.298 e. The molecule has 0 spiro atoms. The smallest absolute Gasteiger partial charge is 0.298 e. The molecule has 0 radical (unpaired) electrons. The van der Waals surface area contributed by atoms with Crippen LogP contribution in [0.3, 0.4) is 0 Å². The van der Waals surface area contributed by atoms with E-state index in [2.05, 4.69) is 4.98 Å². The number of allylic oxidation sites excluding steroid dienone is 1. The number of hydrogen-bond donors (Lipinski definition) is 0. The van der Waals surface area contributed by atoms with E-state index < -0.39 is 4.92 Å². The fourth-order valence-corrected chi connectivity index (χ4v) is 1.69. The van der Waals surface area contributed by atoms with Crippen LogP contribution in [0.4, 0.5) is 5.69 Å². The van der Waals surface area contributed by atoms with E-state index in [4.69, 9.17) is 4.74 Å². The van der Waals surface area contributed by atoms with Crippen LogP contribution in [0.15, 0.2) is 24.5 Å². The Labute approximate surface area is 92.9 Å². The van der Waals surface area contributed by atoms with E-state index in [0.717, 1.165) is 12.8 Å². The zero-order valence-electron chi connectivity index (χ0n) is 8.92. The maximum atomic E-state index is 10.8. The molecule has 5 nitrogen and oxygen atoms in total. The second kappa shape index (κ2) is 4.30. The lowest BCUT2D eigenvalue weighted by Crippen LogP contribution is -2.12. The summed E-state index contributed by atoms with van der Waals surface area (Å²) in [5.41, 5.74) is 0.495. The van der Waals surface area contributed by atoms with Crippen molar-refractivity contribution in [1.29, 1.82) is 0 Å². The Kier molecular flexibility index (Phi) is 2.85. The highest BCUT2D eigenvalue weighted by Gasteiger charge is 2.21. The molecule has 0 N–H and O–H groups in total.